The Kier molecular flexibility index (Phi) is 4.51. The number of hydrogen-bond donors (Lipinski definition) is 0. The molecule has 1 aliphatic rings. The van der Waals surface area contributed by atoms with Crippen molar-refractivity contribution >= 4 is 6.08 Å². The topological polar surface area (TPSA) is 41.9 Å². The Morgan fingerprint density at radius 1 is 1.39 bits per heavy atom. The number of rotatable bonds is 4. The van der Waals surface area contributed by atoms with Crippen LogP contribution in [-0.2, 0) is 11.3 Å². The van der Waals surface area contributed by atoms with Gasteiger partial charge in [-0.25, -0.2) is 9.79 Å². The summed E-state index contributed by atoms with van der Waals surface area (Å²) in [7, 11) is 2.13. The molecule has 0 aliphatic carbocycles. The predicted octanol–water partition coefficient (Wildman–Crippen LogP) is 2.00. The van der Waals surface area contributed by atoms with E-state index in [1.54, 1.807) is 6.08 Å². The van der Waals surface area contributed by atoms with Gasteiger partial charge in [-0.15, -0.1) is 0 Å². The fourth-order valence-corrected chi connectivity index (χ4v) is 2.15. The summed E-state index contributed by atoms with van der Waals surface area (Å²) in [4.78, 5) is 16.1. The second-order valence-electron chi connectivity index (χ2n) is 4.64. The molecule has 96 valence electrons. The first-order valence-corrected chi connectivity index (χ1v) is 6.26. The highest BCUT2D eigenvalue weighted by molar-refractivity contribution is 5.37. The monoisotopic (exact) mass is 246 g/mol. The van der Waals surface area contributed by atoms with E-state index in [-0.39, 0.29) is 6.10 Å². The third kappa shape index (κ3) is 3.42. The fraction of sp³-hybridized carbons (Fsp3) is 0.500. The fourth-order valence-electron chi connectivity index (χ4n) is 2.15. The Labute approximate surface area is 107 Å². The van der Waals surface area contributed by atoms with Crippen LogP contribution in [0.15, 0.2) is 29.3 Å². The minimum Gasteiger partial charge on any atom is -0.490 e. The first-order valence-electron chi connectivity index (χ1n) is 6.26. The molecule has 0 spiro atoms. The van der Waals surface area contributed by atoms with Gasteiger partial charge in [0, 0.05) is 18.7 Å². The minimum absolute atomic E-state index is 0.266. The summed E-state index contributed by atoms with van der Waals surface area (Å²) in [6, 6.07) is 7.74. The van der Waals surface area contributed by atoms with Gasteiger partial charge in [-0.1, -0.05) is 18.2 Å². The predicted molar refractivity (Wildman–Crippen MR) is 69.4 cm³/mol. The van der Waals surface area contributed by atoms with Crippen LogP contribution in [0.3, 0.4) is 0 Å². The molecule has 0 atom stereocenters. The number of carbonyl (C=O) groups excluding carboxylic acids is 1. The molecule has 4 nitrogen and oxygen atoms in total. The van der Waals surface area contributed by atoms with Crippen molar-refractivity contribution < 1.29 is 9.53 Å². The van der Waals surface area contributed by atoms with Crippen molar-refractivity contribution in [3.8, 4) is 5.75 Å². The SMILES string of the molecule is CN1CCC(Oc2ccccc2CN=C=O)CC1. The van der Waals surface area contributed by atoms with Crippen LogP contribution >= 0.6 is 0 Å². The zero-order chi connectivity index (χ0) is 12.8. The molecule has 4 heteroatoms. The summed E-state index contributed by atoms with van der Waals surface area (Å²) in [5.41, 5.74) is 0.944. The van der Waals surface area contributed by atoms with E-state index in [4.69, 9.17) is 4.74 Å². The second-order valence-corrected chi connectivity index (χ2v) is 4.64. The number of ether oxygens (including phenoxy) is 1. The van der Waals surface area contributed by atoms with Gasteiger partial charge >= 0.3 is 0 Å². The Morgan fingerprint density at radius 3 is 2.83 bits per heavy atom. The summed E-state index contributed by atoms with van der Waals surface area (Å²) in [6.07, 6.45) is 3.92. The van der Waals surface area contributed by atoms with Crippen LogP contribution in [0, 0.1) is 0 Å². The maximum atomic E-state index is 10.2. The van der Waals surface area contributed by atoms with Crippen molar-refractivity contribution in [1.29, 1.82) is 0 Å². The van der Waals surface area contributed by atoms with Crippen molar-refractivity contribution in [2.75, 3.05) is 20.1 Å². The van der Waals surface area contributed by atoms with Crippen LogP contribution in [0.2, 0.25) is 0 Å². The molecule has 1 saturated heterocycles. The summed E-state index contributed by atoms with van der Waals surface area (Å²) < 4.78 is 6.02. The van der Waals surface area contributed by atoms with Crippen LogP contribution in [0.5, 0.6) is 5.75 Å². The highest BCUT2D eigenvalue weighted by Gasteiger charge is 2.18. The van der Waals surface area contributed by atoms with Crippen LogP contribution in [0.4, 0.5) is 0 Å². The molecule has 1 aliphatic heterocycles. The van der Waals surface area contributed by atoms with Crippen LogP contribution in [0.25, 0.3) is 0 Å². The van der Waals surface area contributed by atoms with E-state index >= 15 is 0 Å². The van der Waals surface area contributed by atoms with Crippen molar-refractivity contribution in [3.05, 3.63) is 29.8 Å². The third-order valence-electron chi connectivity index (χ3n) is 3.25. The number of para-hydroxylation sites is 1. The maximum absolute atomic E-state index is 10.2. The van der Waals surface area contributed by atoms with E-state index in [9.17, 15) is 4.79 Å². The molecular formula is C14H18N2O2. The van der Waals surface area contributed by atoms with Gasteiger partial charge in [0.2, 0.25) is 6.08 Å². The lowest BCUT2D eigenvalue weighted by Gasteiger charge is -2.29. The molecule has 0 N–H and O–H groups in total. The maximum Gasteiger partial charge on any atom is 0.235 e. The van der Waals surface area contributed by atoms with E-state index in [2.05, 4.69) is 16.9 Å². The molecule has 0 saturated carbocycles. The molecule has 18 heavy (non-hydrogen) atoms. The Bertz CT molecular complexity index is 433. The summed E-state index contributed by atoms with van der Waals surface area (Å²) in [5, 5.41) is 0. The Balaban J connectivity index is 2.01. The smallest absolute Gasteiger partial charge is 0.235 e. The molecule has 0 aromatic heterocycles. The normalized spacial score (nSPS) is 17.2. The Hall–Kier alpha value is -1.64. The largest absolute Gasteiger partial charge is 0.490 e. The van der Waals surface area contributed by atoms with Gasteiger partial charge in [0.05, 0.1) is 6.54 Å². The zero-order valence-electron chi connectivity index (χ0n) is 10.6. The number of likely N-dealkylation sites (tertiary alicyclic amines) is 1. The van der Waals surface area contributed by atoms with Gasteiger partial charge in [-0.3, -0.25) is 0 Å². The Morgan fingerprint density at radius 2 is 2.11 bits per heavy atom. The quantitative estimate of drug-likeness (QED) is 0.602. The lowest BCUT2D eigenvalue weighted by atomic mass is 10.1. The lowest BCUT2D eigenvalue weighted by Crippen LogP contribution is -2.35. The molecule has 1 heterocycles. The number of hydrogen-bond acceptors (Lipinski definition) is 4. The molecule has 2 rings (SSSR count). The lowest BCUT2D eigenvalue weighted by molar-refractivity contribution is 0.113. The van der Waals surface area contributed by atoms with Crippen molar-refractivity contribution in [2.45, 2.75) is 25.5 Å². The van der Waals surface area contributed by atoms with Gasteiger partial charge < -0.3 is 9.64 Å². The van der Waals surface area contributed by atoms with E-state index in [1.165, 1.54) is 0 Å². The van der Waals surface area contributed by atoms with E-state index < -0.39 is 0 Å². The summed E-state index contributed by atoms with van der Waals surface area (Å²) >= 11 is 0. The molecule has 1 aromatic rings. The van der Waals surface area contributed by atoms with Gasteiger partial charge in [0.1, 0.15) is 11.9 Å². The number of nitrogens with zero attached hydrogens (tertiary/aromatic N) is 2. The molecule has 1 aromatic carbocycles. The average molecular weight is 246 g/mol. The molecule has 0 radical (unpaired) electrons. The molecule has 1 fully saturated rings. The number of aliphatic imine (C=N–C) groups is 1. The van der Waals surface area contributed by atoms with E-state index in [1.807, 2.05) is 24.3 Å². The molecule has 0 amide bonds. The number of piperidine rings is 1. The molecule has 0 bridgehead atoms. The van der Waals surface area contributed by atoms with Crippen molar-refractivity contribution in [2.24, 2.45) is 4.99 Å². The van der Waals surface area contributed by atoms with Crippen LogP contribution in [0.1, 0.15) is 18.4 Å². The third-order valence-corrected chi connectivity index (χ3v) is 3.25. The molecule has 0 unspecified atom stereocenters. The average Bonchev–Trinajstić information content (AvgIpc) is 2.40. The summed E-state index contributed by atoms with van der Waals surface area (Å²) in [5.74, 6) is 0.839. The number of benzene rings is 1. The van der Waals surface area contributed by atoms with Gasteiger partial charge in [-0.2, -0.15) is 0 Å². The zero-order valence-corrected chi connectivity index (χ0v) is 10.6. The van der Waals surface area contributed by atoms with Crippen molar-refractivity contribution in [1.82, 2.24) is 4.90 Å². The first kappa shape index (κ1) is 12.8. The van der Waals surface area contributed by atoms with Crippen LogP contribution in [-0.4, -0.2) is 37.2 Å². The van der Waals surface area contributed by atoms with Gasteiger partial charge in [0.25, 0.3) is 0 Å². The first-order chi connectivity index (χ1) is 8.79. The standard InChI is InChI=1S/C14H18N2O2/c1-16-8-6-13(7-9-16)18-14-5-3-2-4-12(14)10-15-11-17/h2-5,13H,6-10H2,1H3. The van der Waals surface area contributed by atoms with Gasteiger partial charge in [0.15, 0.2) is 0 Å². The molecular weight excluding hydrogens is 228 g/mol. The highest BCUT2D eigenvalue weighted by Crippen LogP contribution is 2.23. The van der Waals surface area contributed by atoms with Crippen LogP contribution < -0.4 is 4.74 Å². The highest BCUT2D eigenvalue weighted by atomic mass is 16.5. The van der Waals surface area contributed by atoms with E-state index in [0.717, 1.165) is 37.2 Å². The van der Waals surface area contributed by atoms with Crippen molar-refractivity contribution in [3.63, 3.8) is 0 Å². The summed E-state index contributed by atoms with van der Waals surface area (Å²) in [6.45, 7) is 2.48. The van der Waals surface area contributed by atoms with E-state index in [0.29, 0.717) is 6.54 Å². The minimum atomic E-state index is 0.266. The van der Waals surface area contributed by atoms with Gasteiger partial charge in [-0.05, 0) is 26.0 Å². The second kappa shape index (κ2) is 6.34. The number of isocyanates is 1.